The van der Waals surface area contributed by atoms with Gasteiger partial charge in [-0.3, -0.25) is 9.59 Å². The molecule has 2 aliphatic rings. The minimum Gasteiger partial charge on any atom is -0.496 e. The van der Waals surface area contributed by atoms with E-state index >= 15 is 0 Å². The predicted molar refractivity (Wildman–Crippen MR) is 144 cm³/mol. The Labute approximate surface area is 223 Å². The number of ketones is 1. The van der Waals surface area contributed by atoms with Crippen LogP contribution in [0, 0.1) is 5.92 Å². The lowest BCUT2D eigenvalue weighted by Gasteiger charge is -2.39. The molecule has 0 spiro atoms. The smallest absolute Gasteiger partial charge is 0.336 e. The highest BCUT2D eigenvalue weighted by molar-refractivity contribution is 6.13. The van der Waals surface area contributed by atoms with Crippen LogP contribution in [0.2, 0.25) is 0 Å². The van der Waals surface area contributed by atoms with Crippen molar-refractivity contribution in [3.63, 3.8) is 0 Å². The van der Waals surface area contributed by atoms with Gasteiger partial charge in [0.25, 0.3) is 0 Å². The van der Waals surface area contributed by atoms with Crippen LogP contribution in [0.15, 0.2) is 71.1 Å². The number of methoxy groups -OCH3 is 1. The summed E-state index contributed by atoms with van der Waals surface area (Å²) in [5.41, 5.74) is 4.82. The Morgan fingerprint density at radius 3 is 2.29 bits per heavy atom. The van der Waals surface area contributed by atoms with Gasteiger partial charge < -0.3 is 19.5 Å². The lowest BCUT2D eigenvalue weighted by Crippen LogP contribution is -2.43. The Hall–Kier alpha value is -3.87. The molecule has 0 amide bonds. The molecule has 0 aromatic heterocycles. The Morgan fingerprint density at radius 2 is 1.66 bits per heavy atom. The molecule has 0 bridgehead atoms. The SMILES string of the molecule is CCOC(=O)C1=C(C)NC2=C(C(=O)[C@@H](C(=O)OCC)[C@H](c3ccccc3OC)C2)[C@H]1c1ccc(CC)cc1. The van der Waals surface area contributed by atoms with Gasteiger partial charge in [0.05, 0.1) is 25.9 Å². The minimum atomic E-state index is -1.08. The fourth-order valence-corrected chi connectivity index (χ4v) is 5.56. The van der Waals surface area contributed by atoms with Crippen LogP contribution in [0.4, 0.5) is 0 Å². The molecule has 200 valence electrons. The first-order valence-corrected chi connectivity index (χ1v) is 13.2. The van der Waals surface area contributed by atoms with Crippen molar-refractivity contribution in [2.45, 2.75) is 52.4 Å². The summed E-state index contributed by atoms with van der Waals surface area (Å²) in [5.74, 6) is -3.06. The van der Waals surface area contributed by atoms with E-state index < -0.39 is 29.7 Å². The average molecular weight is 518 g/mol. The van der Waals surface area contributed by atoms with Gasteiger partial charge >= 0.3 is 11.9 Å². The van der Waals surface area contributed by atoms with Gasteiger partial charge in [-0.25, -0.2) is 4.79 Å². The Bertz CT molecular complexity index is 1290. The van der Waals surface area contributed by atoms with Crippen molar-refractivity contribution in [3.05, 3.63) is 87.8 Å². The van der Waals surface area contributed by atoms with E-state index in [4.69, 9.17) is 14.2 Å². The second-order valence-electron chi connectivity index (χ2n) is 9.45. The zero-order valence-corrected chi connectivity index (χ0v) is 22.6. The molecule has 38 heavy (non-hydrogen) atoms. The lowest BCUT2D eigenvalue weighted by molar-refractivity contribution is -0.152. The third kappa shape index (κ3) is 4.97. The summed E-state index contributed by atoms with van der Waals surface area (Å²) >= 11 is 0. The first-order valence-electron chi connectivity index (χ1n) is 13.2. The molecule has 1 aliphatic carbocycles. The first-order chi connectivity index (χ1) is 18.4. The fraction of sp³-hybridized carbons (Fsp3) is 0.387. The van der Waals surface area contributed by atoms with Crippen molar-refractivity contribution >= 4 is 17.7 Å². The highest BCUT2D eigenvalue weighted by atomic mass is 16.5. The largest absolute Gasteiger partial charge is 0.496 e. The summed E-state index contributed by atoms with van der Waals surface area (Å²) in [7, 11) is 1.57. The highest BCUT2D eigenvalue weighted by Crippen LogP contribution is 2.49. The van der Waals surface area contributed by atoms with Crippen LogP contribution < -0.4 is 10.1 Å². The number of rotatable bonds is 8. The molecule has 0 fully saturated rings. The van der Waals surface area contributed by atoms with E-state index in [2.05, 4.69) is 12.2 Å². The zero-order chi connectivity index (χ0) is 27.4. The first kappa shape index (κ1) is 27.2. The molecule has 7 heteroatoms. The van der Waals surface area contributed by atoms with Gasteiger partial charge in [0, 0.05) is 28.8 Å². The number of hydrogen-bond acceptors (Lipinski definition) is 7. The minimum absolute atomic E-state index is 0.153. The van der Waals surface area contributed by atoms with E-state index in [1.54, 1.807) is 21.0 Å². The van der Waals surface area contributed by atoms with Crippen LogP contribution in [0.1, 0.15) is 62.6 Å². The van der Waals surface area contributed by atoms with E-state index in [0.29, 0.717) is 34.7 Å². The van der Waals surface area contributed by atoms with Gasteiger partial charge in [-0.05, 0) is 56.4 Å². The number of aryl methyl sites for hydroxylation is 1. The number of dihydropyridines is 1. The molecule has 0 saturated carbocycles. The van der Waals surface area contributed by atoms with Crippen LogP contribution in [0.3, 0.4) is 0 Å². The maximum Gasteiger partial charge on any atom is 0.336 e. The average Bonchev–Trinajstić information content (AvgIpc) is 2.92. The molecule has 4 rings (SSSR count). The lowest BCUT2D eigenvalue weighted by atomic mass is 9.67. The third-order valence-corrected chi connectivity index (χ3v) is 7.31. The number of carbonyl (C=O) groups is 3. The highest BCUT2D eigenvalue weighted by Gasteiger charge is 2.49. The van der Waals surface area contributed by atoms with Crippen LogP contribution in [0.5, 0.6) is 5.75 Å². The fourth-order valence-electron chi connectivity index (χ4n) is 5.56. The van der Waals surface area contributed by atoms with E-state index in [-0.39, 0.29) is 19.0 Å². The van der Waals surface area contributed by atoms with E-state index in [0.717, 1.165) is 23.1 Å². The molecule has 0 saturated heterocycles. The molecule has 1 heterocycles. The number of esters is 2. The van der Waals surface area contributed by atoms with Crippen LogP contribution in [-0.2, 0) is 30.3 Å². The predicted octanol–water partition coefficient (Wildman–Crippen LogP) is 4.97. The molecular weight excluding hydrogens is 482 g/mol. The van der Waals surface area contributed by atoms with Crippen molar-refractivity contribution < 1.29 is 28.6 Å². The van der Waals surface area contributed by atoms with Gasteiger partial charge in [0.1, 0.15) is 11.7 Å². The molecule has 7 nitrogen and oxygen atoms in total. The molecule has 0 unspecified atom stereocenters. The molecule has 1 aliphatic heterocycles. The Kier molecular flexibility index (Phi) is 8.35. The summed E-state index contributed by atoms with van der Waals surface area (Å²) in [6.07, 6.45) is 1.24. The second kappa shape index (κ2) is 11.7. The summed E-state index contributed by atoms with van der Waals surface area (Å²) in [5, 5.41) is 3.33. The number of para-hydroxylation sites is 1. The molecule has 2 aromatic rings. The maximum atomic E-state index is 14.4. The van der Waals surface area contributed by atoms with Crippen molar-refractivity contribution in [1.82, 2.24) is 5.32 Å². The van der Waals surface area contributed by atoms with Crippen LogP contribution in [-0.4, -0.2) is 38.0 Å². The van der Waals surface area contributed by atoms with Gasteiger partial charge in [-0.15, -0.1) is 0 Å². The number of hydrogen-bond donors (Lipinski definition) is 1. The molecule has 2 aromatic carbocycles. The van der Waals surface area contributed by atoms with Crippen LogP contribution >= 0.6 is 0 Å². The number of ether oxygens (including phenoxy) is 3. The van der Waals surface area contributed by atoms with E-state index in [1.807, 2.05) is 55.5 Å². The standard InChI is InChI=1S/C31H35NO6/c1-6-19-13-15-20(16-14-19)26-25(30(34)37-7-2)18(4)32-23-17-22(21-11-9-10-12-24(21)36-5)27(29(33)28(23)26)31(35)38-8-3/h9-16,22,26-27,32H,6-8,17H2,1-5H3/t22-,26-,27-/m0/s1. The third-order valence-electron chi connectivity index (χ3n) is 7.31. The number of carbonyl (C=O) groups excluding carboxylic acids is 3. The normalized spacial score (nSPS) is 21.0. The Morgan fingerprint density at radius 1 is 0.974 bits per heavy atom. The van der Waals surface area contributed by atoms with Gasteiger partial charge in [0.2, 0.25) is 0 Å². The van der Waals surface area contributed by atoms with Crippen molar-refractivity contribution in [1.29, 1.82) is 0 Å². The molecular formula is C31H35NO6. The topological polar surface area (TPSA) is 90.9 Å². The van der Waals surface area contributed by atoms with Gasteiger partial charge in [-0.2, -0.15) is 0 Å². The zero-order valence-electron chi connectivity index (χ0n) is 22.6. The van der Waals surface area contributed by atoms with Crippen molar-refractivity contribution in [2.75, 3.05) is 20.3 Å². The molecule has 0 radical (unpaired) electrons. The number of Topliss-reactive ketones (excluding diaryl/α,β-unsaturated/α-hetero) is 1. The van der Waals surface area contributed by atoms with Crippen molar-refractivity contribution in [3.8, 4) is 5.75 Å². The number of benzene rings is 2. The number of nitrogens with one attached hydrogen (secondary N) is 1. The van der Waals surface area contributed by atoms with Crippen molar-refractivity contribution in [2.24, 2.45) is 5.92 Å². The monoisotopic (exact) mass is 517 g/mol. The van der Waals surface area contributed by atoms with Crippen LogP contribution in [0.25, 0.3) is 0 Å². The molecule has 1 N–H and O–H groups in total. The van der Waals surface area contributed by atoms with Gasteiger partial charge in [-0.1, -0.05) is 49.4 Å². The summed E-state index contributed by atoms with van der Waals surface area (Å²) < 4.78 is 16.4. The van der Waals surface area contributed by atoms with E-state index in [9.17, 15) is 14.4 Å². The Balaban J connectivity index is 1.91. The number of allylic oxidation sites excluding steroid dienone is 3. The second-order valence-corrected chi connectivity index (χ2v) is 9.45. The quantitative estimate of drug-likeness (QED) is 0.390. The summed E-state index contributed by atoms with van der Waals surface area (Å²) in [4.78, 5) is 41.0. The summed E-state index contributed by atoms with van der Waals surface area (Å²) in [6.45, 7) is 7.72. The summed E-state index contributed by atoms with van der Waals surface area (Å²) in [6, 6.07) is 15.3. The maximum absolute atomic E-state index is 14.4. The van der Waals surface area contributed by atoms with E-state index in [1.165, 1.54) is 0 Å². The van der Waals surface area contributed by atoms with Gasteiger partial charge in [0.15, 0.2) is 5.78 Å². The molecule has 3 atom stereocenters.